The van der Waals surface area contributed by atoms with Crippen LogP contribution in [0.3, 0.4) is 0 Å². The summed E-state index contributed by atoms with van der Waals surface area (Å²) >= 11 is 0. The number of hydrogen-bond donors (Lipinski definition) is 1. The van der Waals surface area contributed by atoms with E-state index in [1.807, 2.05) is 0 Å². The van der Waals surface area contributed by atoms with E-state index in [0.29, 0.717) is 19.6 Å². The van der Waals surface area contributed by atoms with Gasteiger partial charge >= 0.3 is 5.97 Å². The van der Waals surface area contributed by atoms with Gasteiger partial charge in [-0.3, -0.25) is 4.79 Å². The molecule has 0 heterocycles. The number of ether oxygens (including phenoxy) is 2. The van der Waals surface area contributed by atoms with Crippen molar-refractivity contribution in [3.05, 3.63) is 48.6 Å². The van der Waals surface area contributed by atoms with Gasteiger partial charge in [-0.1, -0.05) is 140 Å². The van der Waals surface area contributed by atoms with Gasteiger partial charge in [0.25, 0.3) is 0 Å². The standard InChI is InChI=1S/C36H64O4/c1-3-5-7-9-11-12-13-14-15-16-17-18-19-20-21-22-23-24-25-27-29-31-36(38)40-35(33-37)34-39-32-30-28-26-10-8-6-4-2/h5,7,11-12,14-15,17-18,35,37H,3-4,6,8-10,13,16,19-34H2,1-2H3/b7-5-,12-11-,15-14-,18-17-. The highest BCUT2D eigenvalue weighted by Gasteiger charge is 2.13. The second-order valence-electron chi connectivity index (χ2n) is 10.9. The van der Waals surface area contributed by atoms with Crippen LogP contribution < -0.4 is 0 Å². The molecule has 0 saturated carbocycles. The Hall–Kier alpha value is -1.65. The van der Waals surface area contributed by atoms with Crippen molar-refractivity contribution in [2.45, 2.75) is 155 Å². The Morgan fingerprint density at radius 1 is 0.625 bits per heavy atom. The molecule has 0 aromatic rings. The van der Waals surface area contributed by atoms with Crippen LogP contribution in [0.5, 0.6) is 0 Å². The molecule has 40 heavy (non-hydrogen) atoms. The Morgan fingerprint density at radius 2 is 1.12 bits per heavy atom. The maximum Gasteiger partial charge on any atom is 0.306 e. The van der Waals surface area contributed by atoms with E-state index in [4.69, 9.17) is 9.47 Å². The first-order valence-corrected chi connectivity index (χ1v) is 16.7. The molecular formula is C36H64O4. The predicted octanol–water partition coefficient (Wildman–Crippen LogP) is 10.4. The Labute approximate surface area is 248 Å². The first-order chi connectivity index (χ1) is 19.7. The fraction of sp³-hybridized carbons (Fsp3) is 0.750. The van der Waals surface area contributed by atoms with Crippen molar-refractivity contribution in [2.75, 3.05) is 19.8 Å². The number of aliphatic hydroxyl groups is 1. The Balaban J connectivity index is 3.48. The van der Waals surface area contributed by atoms with Gasteiger partial charge in [-0.25, -0.2) is 0 Å². The number of unbranched alkanes of at least 4 members (excludes halogenated alkanes) is 14. The average Bonchev–Trinajstić information content (AvgIpc) is 2.96. The molecule has 0 bridgehead atoms. The molecule has 0 amide bonds. The largest absolute Gasteiger partial charge is 0.457 e. The van der Waals surface area contributed by atoms with E-state index in [9.17, 15) is 9.90 Å². The van der Waals surface area contributed by atoms with Crippen molar-refractivity contribution < 1.29 is 19.4 Å². The fourth-order valence-electron chi connectivity index (χ4n) is 4.43. The molecule has 1 unspecified atom stereocenters. The number of carbonyl (C=O) groups excluding carboxylic acids is 1. The summed E-state index contributed by atoms with van der Waals surface area (Å²) in [4.78, 5) is 12.1. The zero-order valence-corrected chi connectivity index (χ0v) is 26.3. The second kappa shape index (κ2) is 33.6. The van der Waals surface area contributed by atoms with E-state index < -0.39 is 6.10 Å². The number of hydrogen-bond acceptors (Lipinski definition) is 4. The van der Waals surface area contributed by atoms with Gasteiger partial charge in [-0.15, -0.1) is 0 Å². The van der Waals surface area contributed by atoms with Gasteiger partial charge in [0.05, 0.1) is 13.2 Å². The molecule has 0 aliphatic carbocycles. The molecule has 0 aliphatic rings. The lowest BCUT2D eigenvalue weighted by Crippen LogP contribution is -2.27. The Kier molecular flexibility index (Phi) is 32.2. The molecule has 0 radical (unpaired) electrons. The van der Waals surface area contributed by atoms with Crippen molar-refractivity contribution >= 4 is 5.97 Å². The quantitative estimate of drug-likeness (QED) is 0.0539. The number of rotatable bonds is 30. The molecule has 0 saturated heterocycles. The monoisotopic (exact) mass is 560 g/mol. The zero-order valence-electron chi connectivity index (χ0n) is 26.3. The van der Waals surface area contributed by atoms with Crippen molar-refractivity contribution in [1.29, 1.82) is 0 Å². The smallest absolute Gasteiger partial charge is 0.306 e. The molecule has 0 fully saturated rings. The summed E-state index contributed by atoms with van der Waals surface area (Å²) in [5.41, 5.74) is 0. The lowest BCUT2D eigenvalue weighted by atomic mass is 10.1. The minimum absolute atomic E-state index is 0.176. The lowest BCUT2D eigenvalue weighted by molar-refractivity contribution is -0.154. The van der Waals surface area contributed by atoms with E-state index in [1.54, 1.807) is 0 Å². The van der Waals surface area contributed by atoms with Crippen LogP contribution in [0.15, 0.2) is 48.6 Å². The number of aliphatic hydroxyl groups excluding tert-OH is 1. The van der Waals surface area contributed by atoms with E-state index >= 15 is 0 Å². The van der Waals surface area contributed by atoms with Crippen LogP contribution in [-0.2, 0) is 14.3 Å². The van der Waals surface area contributed by atoms with E-state index in [-0.39, 0.29) is 12.6 Å². The highest BCUT2D eigenvalue weighted by molar-refractivity contribution is 5.69. The van der Waals surface area contributed by atoms with E-state index in [0.717, 1.165) is 44.9 Å². The minimum Gasteiger partial charge on any atom is -0.457 e. The minimum atomic E-state index is -0.534. The number of allylic oxidation sites excluding steroid dienone is 8. The number of esters is 1. The molecule has 0 aromatic carbocycles. The maximum absolute atomic E-state index is 12.1. The summed E-state index contributed by atoms with van der Waals surface area (Å²) in [6.07, 6.45) is 41.5. The van der Waals surface area contributed by atoms with Gasteiger partial charge in [0.15, 0.2) is 0 Å². The molecule has 0 rings (SSSR count). The summed E-state index contributed by atoms with van der Waals surface area (Å²) in [5, 5.41) is 9.48. The molecule has 1 N–H and O–H groups in total. The Morgan fingerprint density at radius 3 is 1.70 bits per heavy atom. The van der Waals surface area contributed by atoms with Crippen molar-refractivity contribution in [3.63, 3.8) is 0 Å². The van der Waals surface area contributed by atoms with Crippen molar-refractivity contribution in [1.82, 2.24) is 0 Å². The summed E-state index contributed by atoms with van der Waals surface area (Å²) in [6, 6.07) is 0. The van der Waals surface area contributed by atoms with Gasteiger partial charge in [0, 0.05) is 13.0 Å². The second-order valence-corrected chi connectivity index (χ2v) is 10.9. The molecule has 1 atom stereocenters. The van der Waals surface area contributed by atoms with E-state index in [2.05, 4.69) is 62.5 Å². The normalized spacial score (nSPS) is 13.0. The Bertz CT molecular complexity index is 635. The van der Waals surface area contributed by atoms with Crippen molar-refractivity contribution in [3.8, 4) is 0 Å². The number of carbonyl (C=O) groups is 1. The summed E-state index contributed by atoms with van der Waals surface area (Å²) in [5.74, 6) is -0.213. The fourth-order valence-corrected chi connectivity index (χ4v) is 4.43. The van der Waals surface area contributed by atoms with Gasteiger partial charge < -0.3 is 14.6 Å². The van der Waals surface area contributed by atoms with Crippen LogP contribution in [0.25, 0.3) is 0 Å². The van der Waals surface area contributed by atoms with Crippen LogP contribution in [-0.4, -0.2) is 37.0 Å². The predicted molar refractivity (Wildman–Crippen MR) is 173 cm³/mol. The third-order valence-corrected chi connectivity index (χ3v) is 6.92. The van der Waals surface area contributed by atoms with Crippen LogP contribution in [0.1, 0.15) is 149 Å². The molecule has 4 heteroatoms. The van der Waals surface area contributed by atoms with Gasteiger partial charge in [-0.05, 0) is 51.4 Å². The third-order valence-electron chi connectivity index (χ3n) is 6.92. The van der Waals surface area contributed by atoms with Gasteiger partial charge in [0.2, 0.25) is 0 Å². The van der Waals surface area contributed by atoms with E-state index in [1.165, 1.54) is 83.5 Å². The van der Waals surface area contributed by atoms with Gasteiger partial charge in [0.1, 0.15) is 6.10 Å². The topological polar surface area (TPSA) is 55.8 Å². The highest BCUT2D eigenvalue weighted by Crippen LogP contribution is 2.12. The molecule has 0 aliphatic heterocycles. The summed E-state index contributed by atoms with van der Waals surface area (Å²) in [7, 11) is 0. The molecule has 0 spiro atoms. The summed E-state index contributed by atoms with van der Waals surface area (Å²) < 4.78 is 11.0. The first-order valence-electron chi connectivity index (χ1n) is 16.7. The molecule has 232 valence electrons. The average molecular weight is 561 g/mol. The molecule has 0 aromatic heterocycles. The zero-order chi connectivity index (χ0) is 29.2. The molecule has 4 nitrogen and oxygen atoms in total. The SMILES string of the molecule is CC/C=C\C/C=C\C/C=C\C/C=C\CCCCCCCCCCC(=O)OC(CO)COCCCCCCCCC. The summed E-state index contributed by atoms with van der Waals surface area (Å²) in [6.45, 7) is 5.18. The van der Waals surface area contributed by atoms with Crippen LogP contribution in [0, 0.1) is 0 Å². The van der Waals surface area contributed by atoms with Gasteiger partial charge in [-0.2, -0.15) is 0 Å². The van der Waals surface area contributed by atoms with Crippen LogP contribution >= 0.6 is 0 Å². The third kappa shape index (κ3) is 30.9. The maximum atomic E-state index is 12.1. The lowest BCUT2D eigenvalue weighted by Gasteiger charge is -2.15. The first kappa shape index (κ1) is 38.4. The van der Waals surface area contributed by atoms with Crippen LogP contribution in [0.2, 0.25) is 0 Å². The molecular weight excluding hydrogens is 496 g/mol. The highest BCUT2D eigenvalue weighted by atomic mass is 16.6. The van der Waals surface area contributed by atoms with Crippen LogP contribution in [0.4, 0.5) is 0 Å². The van der Waals surface area contributed by atoms with Crippen molar-refractivity contribution in [2.24, 2.45) is 0 Å².